The van der Waals surface area contributed by atoms with Crippen molar-refractivity contribution in [3.8, 4) is 11.5 Å². The molecule has 1 saturated carbocycles. The summed E-state index contributed by atoms with van der Waals surface area (Å²) in [4.78, 5) is 36.3. The van der Waals surface area contributed by atoms with E-state index in [9.17, 15) is 9.59 Å². The summed E-state index contributed by atoms with van der Waals surface area (Å²) in [5.41, 5.74) is 0.559. The molecule has 3 aliphatic heterocycles. The molecule has 3 heterocycles. The molecule has 2 unspecified atom stereocenters. The summed E-state index contributed by atoms with van der Waals surface area (Å²) in [6, 6.07) is 5.85. The SMILES string of the molecule is COc1ccc(C2=NOC(C(=O)N3CCCCC3)(C3CCCN(C(C)=O)C3)C2)cc1OC1CCCC1. The number of hydrogen-bond donors (Lipinski definition) is 0. The third-order valence-electron chi connectivity index (χ3n) is 8.37. The largest absolute Gasteiger partial charge is 0.493 e. The summed E-state index contributed by atoms with van der Waals surface area (Å²) in [7, 11) is 1.65. The van der Waals surface area contributed by atoms with Crippen molar-refractivity contribution >= 4 is 17.5 Å². The van der Waals surface area contributed by atoms with Crippen molar-refractivity contribution in [1.82, 2.24) is 9.80 Å². The van der Waals surface area contributed by atoms with Gasteiger partial charge in [-0.2, -0.15) is 0 Å². The average Bonchev–Trinajstić information content (AvgIpc) is 3.60. The second kappa shape index (κ2) is 10.7. The lowest BCUT2D eigenvalue weighted by Crippen LogP contribution is -2.58. The first kappa shape index (κ1) is 24.9. The van der Waals surface area contributed by atoms with Crippen LogP contribution in [0.2, 0.25) is 0 Å². The first-order valence-electron chi connectivity index (χ1n) is 13.6. The minimum absolute atomic E-state index is 0.0206. The highest BCUT2D eigenvalue weighted by atomic mass is 16.7. The van der Waals surface area contributed by atoms with Crippen LogP contribution >= 0.6 is 0 Å². The maximum Gasteiger partial charge on any atom is 0.270 e. The van der Waals surface area contributed by atoms with E-state index < -0.39 is 5.60 Å². The van der Waals surface area contributed by atoms with Gasteiger partial charge in [0.2, 0.25) is 11.5 Å². The van der Waals surface area contributed by atoms with Gasteiger partial charge >= 0.3 is 0 Å². The van der Waals surface area contributed by atoms with Gasteiger partial charge in [-0.3, -0.25) is 9.59 Å². The van der Waals surface area contributed by atoms with E-state index in [2.05, 4.69) is 5.16 Å². The summed E-state index contributed by atoms with van der Waals surface area (Å²) in [5, 5.41) is 4.52. The lowest BCUT2D eigenvalue weighted by Gasteiger charge is -2.43. The van der Waals surface area contributed by atoms with Crippen molar-refractivity contribution in [3.05, 3.63) is 23.8 Å². The molecule has 8 nitrogen and oxygen atoms in total. The van der Waals surface area contributed by atoms with Gasteiger partial charge in [0.1, 0.15) is 0 Å². The molecule has 0 radical (unpaired) electrons. The predicted octanol–water partition coefficient (Wildman–Crippen LogP) is 4.15. The van der Waals surface area contributed by atoms with Gasteiger partial charge in [0.25, 0.3) is 5.91 Å². The van der Waals surface area contributed by atoms with E-state index in [0.717, 1.165) is 75.9 Å². The monoisotopic (exact) mass is 497 g/mol. The maximum absolute atomic E-state index is 14.1. The van der Waals surface area contributed by atoms with E-state index in [1.165, 1.54) is 12.8 Å². The third-order valence-corrected chi connectivity index (χ3v) is 8.37. The van der Waals surface area contributed by atoms with Crippen LogP contribution in [0, 0.1) is 5.92 Å². The van der Waals surface area contributed by atoms with Crippen molar-refractivity contribution in [2.24, 2.45) is 11.1 Å². The fraction of sp³-hybridized carbons (Fsp3) is 0.679. The van der Waals surface area contributed by atoms with Gasteiger partial charge in [0.15, 0.2) is 11.5 Å². The standard InChI is InChI=1S/C28H39N3O5/c1-20(32)31-16-8-9-22(19-31)28(27(33)30-14-6-3-7-15-30)18-24(29-36-28)21-12-13-25(34-2)26(17-21)35-23-10-4-5-11-23/h12-13,17,22-23H,3-11,14-16,18-19H2,1-2H3. The zero-order valence-corrected chi connectivity index (χ0v) is 21.7. The van der Waals surface area contributed by atoms with E-state index in [0.29, 0.717) is 24.5 Å². The Morgan fingerprint density at radius 1 is 0.972 bits per heavy atom. The molecule has 1 aromatic rings. The van der Waals surface area contributed by atoms with Crippen LogP contribution in [0.3, 0.4) is 0 Å². The fourth-order valence-electron chi connectivity index (χ4n) is 6.26. The van der Waals surface area contributed by atoms with Crippen LogP contribution in [0.4, 0.5) is 0 Å². The van der Waals surface area contributed by atoms with E-state index >= 15 is 0 Å². The van der Waals surface area contributed by atoms with Crippen LogP contribution in [0.15, 0.2) is 23.4 Å². The van der Waals surface area contributed by atoms with Gasteiger partial charge < -0.3 is 24.1 Å². The zero-order valence-electron chi connectivity index (χ0n) is 21.7. The van der Waals surface area contributed by atoms with Gasteiger partial charge in [-0.05, 0) is 76.0 Å². The van der Waals surface area contributed by atoms with Crippen LogP contribution in [0.1, 0.15) is 76.7 Å². The van der Waals surface area contributed by atoms with Crippen molar-refractivity contribution < 1.29 is 23.9 Å². The molecule has 0 aromatic heterocycles. The highest BCUT2D eigenvalue weighted by Crippen LogP contribution is 2.42. The molecule has 3 fully saturated rings. The Labute approximate surface area is 213 Å². The van der Waals surface area contributed by atoms with Crippen LogP contribution in [-0.4, -0.2) is 72.3 Å². The van der Waals surface area contributed by atoms with Crippen molar-refractivity contribution in [1.29, 1.82) is 0 Å². The number of oxime groups is 1. The molecule has 36 heavy (non-hydrogen) atoms. The second-order valence-corrected chi connectivity index (χ2v) is 10.7. The van der Waals surface area contributed by atoms with E-state index in [-0.39, 0.29) is 23.8 Å². The Bertz CT molecular complexity index is 999. The molecular formula is C28H39N3O5. The zero-order chi connectivity index (χ0) is 25.1. The molecule has 2 atom stereocenters. The highest BCUT2D eigenvalue weighted by Gasteiger charge is 2.55. The van der Waals surface area contributed by atoms with Crippen LogP contribution in [-0.2, 0) is 14.4 Å². The van der Waals surface area contributed by atoms with Gasteiger partial charge in [-0.15, -0.1) is 0 Å². The molecule has 2 amide bonds. The minimum atomic E-state index is -1.08. The third kappa shape index (κ3) is 4.91. The number of likely N-dealkylation sites (tertiary alicyclic amines) is 2. The number of nitrogens with zero attached hydrogens (tertiary/aromatic N) is 3. The number of carbonyl (C=O) groups is 2. The molecule has 0 N–H and O–H groups in total. The first-order valence-corrected chi connectivity index (χ1v) is 13.6. The second-order valence-electron chi connectivity index (χ2n) is 10.7. The quantitative estimate of drug-likeness (QED) is 0.590. The van der Waals surface area contributed by atoms with Gasteiger partial charge in [0, 0.05) is 51.0 Å². The van der Waals surface area contributed by atoms with E-state index in [1.54, 1.807) is 14.0 Å². The Kier molecular flexibility index (Phi) is 7.39. The molecule has 0 spiro atoms. The maximum atomic E-state index is 14.1. The number of benzene rings is 1. The molecule has 2 saturated heterocycles. The number of ether oxygens (including phenoxy) is 2. The Hall–Kier alpha value is -2.77. The van der Waals surface area contributed by atoms with Crippen LogP contribution in [0.5, 0.6) is 11.5 Å². The number of methoxy groups -OCH3 is 1. The average molecular weight is 498 g/mol. The molecular weight excluding hydrogens is 458 g/mol. The first-order chi connectivity index (χ1) is 17.5. The van der Waals surface area contributed by atoms with Gasteiger partial charge in [-0.1, -0.05) is 5.16 Å². The number of carbonyl (C=O) groups excluding carboxylic acids is 2. The highest BCUT2D eigenvalue weighted by molar-refractivity contribution is 6.06. The lowest BCUT2D eigenvalue weighted by atomic mass is 9.76. The summed E-state index contributed by atoms with van der Waals surface area (Å²) in [6.45, 7) is 4.36. The normalized spacial score (nSPS) is 26.9. The molecule has 8 heteroatoms. The van der Waals surface area contributed by atoms with Crippen molar-refractivity contribution in [2.75, 3.05) is 33.3 Å². The molecule has 196 valence electrons. The smallest absolute Gasteiger partial charge is 0.270 e. The Morgan fingerprint density at radius 2 is 1.72 bits per heavy atom. The van der Waals surface area contributed by atoms with Crippen LogP contribution < -0.4 is 9.47 Å². The van der Waals surface area contributed by atoms with E-state index in [1.807, 2.05) is 28.0 Å². The molecule has 1 aliphatic carbocycles. The summed E-state index contributed by atoms with van der Waals surface area (Å²) < 4.78 is 11.9. The molecule has 4 aliphatic rings. The van der Waals surface area contributed by atoms with Crippen molar-refractivity contribution in [2.45, 2.75) is 82.8 Å². The summed E-state index contributed by atoms with van der Waals surface area (Å²) in [6.07, 6.45) is 9.96. The minimum Gasteiger partial charge on any atom is -0.493 e. The number of rotatable bonds is 6. The summed E-state index contributed by atoms with van der Waals surface area (Å²) in [5.74, 6) is 1.38. The van der Waals surface area contributed by atoms with E-state index in [4.69, 9.17) is 14.3 Å². The Morgan fingerprint density at radius 3 is 2.44 bits per heavy atom. The predicted molar refractivity (Wildman–Crippen MR) is 136 cm³/mol. The Balaban J connectivity index is 1.42. The number of amides is 2. The van der Waals surface area contributed by atoms with Crippen LogP contribution in [0.25, 0.3) is 0 Å². The number of hydrogen-bond acceptors (Lipinski definition) is 6. The molecule has 1 aromatic carbocycles. The topological polar surface area (TPSA) is 80.7 Å². The lowest BCUT2D eigenvalue weighted by molar-refractivity contribution is -0.168. The van der Waals surface area contributed by atoms with Gasteiger partial charge in [-0.25, -0.2) is 0 Å². The number of piperidine rings is 2. The molecule has 0 bridgehead atoms. The van der Waals surface area contributed by atoms with Crippen molar-refractivity contribution in [3.63, 3.8) is 0 Å². The molecule has 5 rings (SSSR count). The fourth-order valence-corrected chi connectivity index (χ4v) is 6.26. The van der Waals surface area contributed by atoms with Gasteiger partial charge in [0.05, 0.1) is 18.9 Å². The summed E-state index contributed by atoms with van der Waals surface area (Å²) >= 11 is 0.